The van der Waals surface area contributed by atoms with E-state index in [-0.39, 0.29) is 36.8 Å². The van der Waals surface area contributed by atoms with Crippen molar-refractivity contribution < 1.29 is 22.3 Å². The highest BCUT2D eigenvalue weighted by Gasteiger charge is 2.58. The third-order valence-corrected chi connectivity index (χ3v) is 6.60. The number of allylic oxidation sites excluding steroid dienone is 2. The molecule has 0 aromatic rings. The maximum Gasteiger partial charge on any atom is 0.287 e. The van der Waals surface area contributed by atoms with Gasteiger partial charge in [-0.1, -0.05) is 0 Å². The van der Waals surface area contributed by atoms with E-state index < -0.39 is 17.9 Å². The molecule has 4 heterocycles. The number of aliphatic imine (C=N–C) groups is 2. The van der Waals surface area contributed by atoms with Gasteiger partial charge in [-0.2, -0.15) is 8.78 Å². The van der Waals surface area contributed by atoms with Crippen LogP contribution in [0.15, 0.2) is 33.4 Å². The molecule has 0 radical (unpaired) electrons. The summed E-state index contributed by atoms with van der Waals surface area (Å²) in [6, 6.07) is -0.446. The van der Waals surface area contributed by atoms with Gasteiger partial charge in [-0.05, 0) is 62.2 Å². The molecule has 2 bridgehead atoms. The predicted molar refractivity (Wildman–Crippen MR) is 102 cm³/mol. The zero-order valence-corrected chi connectivity index (χ0v) is 16.5. The molecule has 1 saturated carbocycles. The Kier molecular flexibility index (Phi) is 4.25. The quantitative estimate of drug-likeness (QED) is 0.687. The van der Waals surface area contributed by atoms with Crippen molar-refractivity contribution in [1.82, 2.24) is 5.32 Å². The van der Waals surface area contributed by atoms with Crippen LogP contribution in [0.25, 0.3) is 0 Å². The normalized spacial score (nSPS) is 39.4. The van der Waals surface area contributed by atoms with Crippen LogP contribution < -0.4 is 5.32 Å². The Morgan fingerprint density at radius 3 is 2.41 bits per heavy atom. The van der Waals surface area contributed by atoms with Gasteiger partial charge in [-0.25, -0.2) is 13.8 Å². The number of nitrogens with one attached hydrogen (secondary N) is 1. The molecule has 6 atom stereocenters. The smallest absolute Gasteiger partial charge is 0.287 e. The molecule has 2 saturated heterocycles. The van der Waals surface area contributed by atoms with Crippen molar-refractivity contribution in [3.8, 4) is 0 Å². The molecule has 0 amide bonds. The summed E-state index contributed by atoms with van der Waals surface area (Å²) in [5.41, 5.74) is 0.891. The van der Waals surface area contributed by atoms with Crippen molar-refractivity contribution in [2.45, 2.75) is 82.1 Å². The number of ether oxygens (including phenoxy) is 1. The van der Waals surface area contributed by atoms with Crippen LogP contribution in [0, 0.1) is 11.8 Å². The maximum absolute atomic E-state index is 14.0. The van der Waals surface area contributed by atoms with Crippen LogP contribution in [0.3, 0.4) is 0 Å². The molecule has 3 fully saturated rings. The lowest BCUT2D eigenvalue weighted by atomic mass is 9.98. The SMILES string of the molecule is CC(F)(F)CCC1=CC2=CC(C(C)(F)F)=NC(=NC3CC4O[C@H](C3)C3CC43)C2N1. The number of alkyl halides is 4. The van der Waals surface area contributed by atoms with Crippen molar-refractivity contribution in [1.29, 1.82) is 0 Å². The van der Waals surface area contributed by atoms with E-state index in [1.54, 1.807) is 6.08 Å². The topological polar surface area (TPSA) is 46.0 Å². The minimum Gasteiger partial charge on any atom is -0.375 e. The molecule has 0 aromatic carbocycles. The summed E-state index contributed by atoms with van der Waals surface area (Å²) in [4.78, 5) is 8.96. The minimum atomic E-state index is -3.10. The van der Waals surface area contributed by atoms with Crippen molar-refractivity contribution in [2.24, 2.45) is 21.8 Å². The van der Waals surface area contributed by atoms with Crippen LogP contribution in [0.2, 0.25) is 0 Å². The minimum absolute atomic E-state index is 0.00204. The molecule has 4 nitrogen and oxygen atoms in total. The fraction of sp³-hybridized carbons (Fsp3) is 0.714. The van der Waals surface area contributed by atoms with Crippen LogP contribution in [0.4, 0.5) is 17.6 Å². The van der Waals surface area contributed by atoms with Gasteiger partial charge in [0, 0.05) is 19.0 Å². The lowest BCUT2D eigenvalue weighted by molar-refractivity contribution is -0.0300. The fourth-order valence-electron chi connectivity index (χ4n) is 5.04. The van der Waals surface area contributed by atoms with Gasteiger partial charge in [0.2, 0.25) is 5.92 Å². The Balaban J connectivity index is 1.38. The molecule has 29 heavy (non-hydrogen) atoms. The monoisotopic (exact) mass is 411 g/mol. The van der Waals surface area contributed by atoms with E-state index in [0.717, 1.165) is 26.7 Å². The number of hydrogen-bond donors (Lipinski definition) is 1. The number of nitrogens with zero attached hydrogens (tertiary/aromatic N) is 2. The second-order valence-corrected chi connectivity index (χ2v) is 9.24. The summed E-state index contributed by atoms with van der Waals surface area (Å²) in [7, 11) is 0. The summed E-state index contributed by atoms with van der Waals surface area (Å²) in [5, 5.41) is 3.18. The molecular weight excluding hydrogens is 386 g/mol. The lowest BCUT2D eigenvalue weighted by Gasteiger charge is -2.30. The van der Waals surface area contributed by atoms with Crippen LogP contribution in [0.1, 0.15) is 46.0 Å². The average Bonchev–Trinajstić information content (AvgIpc) is 3.24. The standard InChI is InChI=1S/C21H25F4N3O/c1-20(22,23)4-3-11-5-10-6-17(21(2,24)25)28-19(18(10)26-11)27-12-7-15-13-9-14(13)16(8-12)29-15/h5-6,12-16,18,26H,3-4,7-9H2,1-2H3/t12?,13?,14?,15-,16?,18?/m1/s1. The van der Waals surface area contributed by atoms with Crippen molar-refractivity contribution in [2.75, 3.05) is 0 Å². The molecule has 1 N–H and O–H groups in total. The highest BCUT2D eigenvalue weighted by Crippen LogP contribution is 2.57. The zero-order chi connectivity index (χ0) is 20.6. The van der Waals surface area contributed by atoms with E-state index in [0.29, 0.717) is 28.9 Å². The van der Waals surface area contributed by atoms with E-state index in [9.17, 15) is 17.6 Å². The Labute approximate surface area is 167 Å². The molecule has 1 aliphatic carbocycles. The Morgan fingerprint density at radius 1 is 1.10 bits per heavy atom. The second-order valence-electron chi connectivity index (χ2n) is 9.24. The highest BCUT2D eigenvalue weighted by atomic mass is 19.3. The third kappa shape index (κ3) is 3.76. The number of dihydropyridines is 1. The first-order chi connectivity index (χ1) is 13.6. The zero-order valence-electron chi connectivity index (χ0n) is 16.5. The second kappa shape index (κ2) is 6.40. The number of amidine groups is 1. The molecule has 5 rings (SSSR count). The predicted octanol–water partition coefficient (Wildman–Crippen LogP) is 4.28. The Hall–Kier alpha value is -1.70. The molecule has 4 aliphatic heterocycles. The molecule has 8 heteroatoms. The van der Waals surface area contributed by atoms with Gasteiger partial charge in [-0.3, -0.25) is 4.99 Å². The summed E-state index contributed by atoms with van der Waals surface area (Å²) < 4.78 is 60.5. The largest absolute Gasteiger partial charge is 0.375 e. The average molecular weight is 411 g/mol. The number of fused-ring (bicyclic) bond motifs is 6. The van der Waals surface area contributed by atoms with Crippen molar-refractivity contribution >= 4 is 11.5 Å². The molecule has 5 aliphatic rings. The Morgan fingerprint density at radius 2 is 1.79 bits per heavy atom. The molecule has 0 aromatic heterocycles. The number of halogens is 4. The van der Waals surface area contributed by atoms with Gasteiger partial charge in [0.1, 0.15) is 11.8 Å². The van der Waals surface area contributed by atoms with E-state index in [2.05, 4.69) is 10.3 Å². The van der Waals surface area contributed by atoms with Gasteiger partial charge >= 0.3 is 0 Å². The summed E-state index contributed by atoms with van der Waals surface area (Å²) in [5.74, 6) is -4.27. The summed E-state index contributed by atoms with van der Waals surface area (Å²) >= 11 is 0. The lowest BCUT2D eigenvalue weighted by Crippen LogP contribution is -2.40. The first-order valence-electron chi connectivity index (χ1n) is 10.3. The van der Waals surface area contributed by atoms with Crippen LogP contribution in [-0.2, 0) is 4.74 Å². The molecule has 158 valence electrons. The first-order valence-corrected chi connectivity index (χ1v) is 10.3. The van der Waals surface area contributed by atoms with Crippen molar-refractivity contribution in [3.05, 3.63) is 23.4 Å². The number of rotatable bonds is 5. The van der Waals surface area contributed by atoms with E-state index in [4.69, 9.17) is 9.73 Å². The van der Waals surface area contributed by atoms with Gasteiger partial charge in [0.05, 0.1) is 18.2 Å². The molecule has 5 unspecified atom stereocenters. The van der Waals surface area contributed by atoms with Gasteiger partial charge < -0.3 is 10.1 Å². The highest BCUT2D eigenvalue weighted by molar-refractivity contribution is 6.13. The van der Waals surface area contributed by atoms with Gasteiger partial charge in [0.15, 0.2) is 5.84 Å². The van der Waals surface area contributed by atoms with E-state index in [1.165, 1.54) is 12.5 Å². The maximum atomic E-state index is 14.0. The van der Waals surface area contributed by atoms with E-state index in [1.807, 2.05) is 0 Å². The molecular formula is C21H25F4N3O. The van der Waals surface area contributed by atoms with Crippen molar-refractivity contribution in [3.63, 3.8) is 0 Å². The van der Waals surface area contributed by atoms with E-state index >= 15 is 0 Å². The molecule has 0 spiro atoms. The van der Waals surface area contributed by atoms with Gasteiger partial charge in [0.25, 0.3) is 5.92 Å². The fourth-order valence-corrected chi connectivity index (χ4v) is 5.04. The summed E-state index contributed by atoms with van der Waals surface area (Å²) in [6.07, 6.45) is 6.15. The number of hydrogen-bond acceptors (Lipinski definition) is 3. The van der Waals surface area contributed by atoms with Crippen LogP contribution in [0.5, 0.6) is 0 Å². The Bertz CT molecular complexity index is 820. The van der Waals surface area contributed by atoms with Crippen LogP contribution >= 0.6 is 0 Å². The summed E-state index contributed by atoms with van der Waals surface area (Å²) in [6.45, 7) is 1.69. The first kappa shape index (κ1) is 19.3. The third-order valence-electron chi connectivity index (χ3n) is 6.60. The van der Waals surface area contributed by atoms with Crippen LogP contribution in [-0.4, -0.2) is 47.7 Å². The van der Waals surface area contributed by atoms with Gasteiger partial charge in [-0.15, -0.1) is 0 Å².